The highest BCUT2D eigenvalue weighted by molar-refractivity contribution is 7.81. The summed E-state index contributed by atoms with van der Waals surface area (Å²) in [5, 5.41) is 19.7. The number of nitrogens with one attached hydrogen (secondary N) is 2. The Labute approximate surface area is 192 Å². The Morgan fingerprint density at radius 3 is 2.30 bits per heavy atom. The van der Waals surface area contributed by atoms with Crippen molar-refractivity contribution >= 4 is 46.0 Å². The number of nitriles is 1. The van der Waals surface area contributed by atoms with Crippen LogP contribution in [0.5, 0.6) is 0 Å². The number of amides is 1. The van der Waals surface area contributed by atoms with Crippen LogP contribution in [0.1, 0.15) is 42.3 Å². The molecule has 0 saturated carbocycles. The summed E-state index contributed by atoms with van der Waals surface area (Å²) in [7, 11) is 1.36. The molecule has 0 unspecified atom stereocenters. The minimum Gasteiger partial charge on any atom is -0.355 e. The number of benzene rings is 2. The smallest absolute Gasteiger partial charge is 0.355 e. The molecule has 6 nitrogen and oxygen atoms in total. The summed E-state index contributed by atoms with van der Waals surface area (Å²) < 4.78 is 54.7. The third kappa shape index (κ3) is 4.14. The van der Waals surface area contributed by atoms with E-state index in [0.717, 1.165) is 18.2 Å². The fourth-order valence-electron chi connectivity index (χ4n) is 3.33. The SMILES string of the molecule is CNC(=O)c1ccc(N(C(=S)N2c3cc(C#N)c(C(F)(F)F)cc32)C(C)(C)C(C)=N)cc1F. The third-order valence-corrected chi connectivity index (χ3v) is 5.88. The number of carbonyl (C=O) groups is 1. The van der Waals surface area contributed by atoms with E-state index in [1.54, 1.807) is 19.9 Å². The van der Waals surface area contributed by atoms with Gasteiger partial charge in [0.25, 0.3) is 5.91 Å². The highest BCUT2D eigenvalue weighted by Crippen LogP contribution is 2.53. The molecule has 1 aliphatic rings. The Bertz CT molecular complexity index is 1230. The molecule has 0 aliphatic carbocycles. The van der Waals surface area contributed by atoms with E-state index in [-0.39, 0.29) is 27.8 Å². The lowest BCUT2D eigenvalue weighted by Crippen LogP contribution is -2.54. The van der Waals surface area contributed by atoms with Crippen molar-refractivity contribution < 1.29 is 22.4 Å². The molecule has 1 amide bonds. The maximum atomic E-state index is 14.7. The van der Waals surface area contributed by atoms with Crippen molar-refractivity contribution in [2.75, 3.05) is 16.8 Å². The van der Waals surface area contributed by atoms with Gasteiger partial charge in [-0.15, -0.1) is 0 Å². The Hall–Kier alpha value is -3.52. The molecule has 0 bridgehead atoms. The summed E-state index contributed by atoms with van der Waals surface area (Å²) in [6, 6.07) is 7.28. The van der Waals surface area contributed by atoms with Gasteiger partial charge in [-0.05, 0) is 63.3 Å². The van der Waals surface area contributed by atoms with Crippen LogP contribution in [0.3, 0.4) is 0 Å². The third-order valence-electron chi connectivity index (χ3n) is 5.51. The normalized spacial score (nSPS) is 12.5. The van der Waals surface area contributed by atoms with Gasteiger partial charge in [-0.3, -0.25) is 9.69 Å². The first kappa shape index (κ1) is 24.1. The molecule has 0 radical (unpaired) electrons. The second kappa shape index (κ2) is 8.12. The van der Waals surface area contributed by atoms with E-state index < -0.39 is 34.6 Å². The van der Waals surface area contributed by atoms with E-state index in [2.05, 4.69) is 5.32 Å². The topological polar surface area (TPSA) is 83.0 Å². The predicted octanol–water partition coefficient (Wildman–Crippen LogP) is 5.14. The van der Waals surface area contributed by atoms with E-state index in [4.69, 9.17) is 22.9 Å². The number of alkyl halides is 3. The van der Waals surface area contributed by atoms with Crippen molar-refractivity contribution in [1.29, 1.82) is 10.7 Å². The van der Waals surface area contributed by atoms with Gasteiger partial charge < -0.3 is 15.6 Å². The number of carbonyl (C=O) groups excluding carboxylic acids is 1. The molecule has 2 aromatic rings. The van der Waals surface area contributed by atoms with Gasteiger partial charge in [0.1, 0.15) is 5.82 Å². The molecule has 3 rings (SSSR count). The first-order chi connectivity index (χ1) is 15.2. The van der Waals surface area contributed by atoms with E-state index in [1.807, 2.05) is 0 Å². The van der Waals surface area contributed by atoms with Crippen LogP contribution < -0.4 is 15.1 Å². The van der Waals surface area contributed by atoms with Gasteiger partial charge in [0.2, 0.25) is 0 Å². The van der Waals surface area contributed by atoms with Crippen LogP contribution in [0.25, 0.3) is 0 Å². The van der Waals surface area contributed by atoms with Gasteiger partial charge in [0, 0.05) is 18.4 Å². The largest absolute Gasteiger partial charge is 0.417 e. The molecule has 0 fully saturated rings. The quantitative estimate of drug-likeness (QED) is 0.276. The number of hydrogen-bond acceptors (Lipinski definition) is 4. The maximum absolute atomic E-state index is 14.7. The standard InChI is InChI=1S/C22H19F4N5OS/c1-11(28)21(2,3)31(13-5-6-14(16(23)8-13)19(32)29-4)20(33)30-17-7-12(10-27)15(9-18(17)30)22(24,25)26/h5-9,28H,1-4H3,(H,29,32). The summed E-state index contributed by atoms with van der Waals surface area (Å²) in [6.07, 6.45) is -4.72. The highest BCUT2D eigenvalue weighted by Gasteiger charge is 2.45. The Morgan fingerprint density at radius 2 is 1.82 bits per heavy atom. The minimum atomic E-state index is -4.72. The van der Waals surface area contributed by atoms with E-state index >= 15 is 0 Å². The fourth-order valence-corrected chi connectivity index (χ4v) is 3.86. The predicted molar refractivity (Wildman–Crippen MR) is 121 cm³/mol. The van der Waals surface area contributed by atoms with Crippen molar-refractivity contribution in [1.82, 2.24) is 5.32 Å². The number of hydrogen-bond donors (Lipinski definition) is 2. The average Bonchev–Trinajstić information content (AvgIpc) is 3.44. The summed E-state index contributed by atoms with van der Waals surface area (Å²) in [4.78, 5) is 14.6. The first-order valence-electron chi connectivity index (χ1n) is 9.62. The van der Waals surface area contributed by atoms with Gasteiger partial charge in [0.05, 0.1) is 39.7 Å². The lowest BCUT2D eigenvalue weighted by atomic mass is 9.96. The fraction of sp³-hybridized carbons (Fsp3) is 0.273. The van der Waals surface area contributed by atoms with Crippen molar-refractivity contribution in [3.05, 3.63) is 52.8 Å². The highest BCUT2D eigenvalue weighted by atomic mass is 32.1. The zero-order chi connectivity index (χ0) is 24.9. The second-order valence-electron chi connectivity index (χ2n) is 7.88. The van der Waals surface area contributed by atoms with Gasteiger partial charge in [0.15, 0.2) is 5.11 Å². The first-order valence-corrected chi connectivity index (χ1v) is 10.0. The van der Waals surface area contributed by atoms with Crippen molar-refractivity contribution in [3.63, 3.8) is 0 Å². The Kier molecular flexibility index (Phi) is 5.93. The average molecular weight is 477 g/mol. The number of nitrogens with zero attached hydrogens (tertiary/aromatic N) is 3. The Balaban J connectivity index is 2.08. The molecule has 2 aromatic carbocycles. The van der Waals surface area contributed by atoms with Crippen molar-refractivity contribution in [3.8, 4) is 6.07 Å². The Morgan fingerprint density at radius 1 is 1.21 bits per heavy atom. The van der Waals surface area contributed by atoms with Gasteiger partial charge >= 0.3 is 6.18 Å². The van der Waals surface area contributed by atoms with Crippen LogP contribution in [0.2, 0.25) is 0 Å². The number of anilines is 3. The lowest BCUT2D eigenvalue weighted by Gasteiger charge is -2.40. The second-order valence-corrected chi connectivity index (χ2v) is 8.24. The van der Waals surface area contributed by atoms with E-state index in [9.17, 15) is 22.4 Å². The van der Waals surface area contributed by atoms with Crippen LogP contribution in [0.4, 0.5) is 34.6 Å². The summed E-state index contributed by atoms with van der Waals surface area (Å²) in [5.41, 5.74) is -2.07. The monoisotopic (exact) mass is 477 g/mol. The molecule has 2 N–H and O–H groups in total. The minimum absolute atomic E-state index is 0.00286. The van der Waals surface area contributed by atoms with Crippen molar-refractivity contribution in [2.24, 2.45) is 0 Å². The van der Waals surface area contributed by atoms with Crippen LogP contribution in [-0.2, 0) is 6.18 Å². The van der Waals surface area contributed by atoms with Gasteiger partial charge in [-0.2, -0.15) is 18.4 Å². The van der Waals surface area contributed by atoms with Gasteiger partial charge in [-0.25, -0.2) is 4.39 Å². The molecule has 172 valence electrons. The molecule has 11 heteroatoms. The molecular formula is C22H19F4N5OS. The number of thiocarbonyl (C=S) groups is 1. The van der Waals surface area contributed by atoms with Crippen LogP contribution in [-0.4, -0.2) is 29.3 Å². The molecule has 0 spiro atoms. The summed E-state index contributed by atoms with van der Waals surface area (Å²) in [5.74, 6) is -1.45. The molecule has 1 heterocycles. The van der Waals surface area contributed by atoms with Crippen LogP contribution >= 0.6 is 12.2 Å². The lowest BCUT2D eigenvalue weighted by molar-refractivity contribution is -0.137. The van der Waals surface area contributed by atoms with Gasteiger partial charge in [-0.1, -0.05) is 0 Å². The molecule has 33 heavy (non-hydrogen) atoms. The molecular weight excluding hydrogens is 458 g/mol. The molecule has 0 saturated heterocycles. The van der Waals surface area contributed by atoms with E-state index in [0.29, 0.717) is 5.69 Å². The number of rotatable bonds is 4. The van der Waals surface area contributed by atoms with Crippen molar-refractivity contribution in [2.45, 2.75) is 32.5 Å². The molecule has 0 atom stereocenters. The maximum Gasteiger partial charge on any atom is 0.417 e. The van der Waals surface area contributed by atoms with E-state index in [1.165, 1.54) is 35.9 Å². The summed E-state index contributed by atoms with van der Waals surface area (Å²) in [6.45, 7) is 4.83. The summed E-state index contributed by atoms with van der Waals surface area (Å²) >= 11 is 5.57. The molecule has 0 aromatic heterocycles. The molecule has 1 aliphatic heterocycles. The number of fused-ring (bicyclic) bond motifs is 1. The van der Waals surface area contributed by atoms with Crippen LogP contribution in [0.15, 0.2) is 30.3 Å². The zero-order valence-electron chi connectivity index (χ0n) is 18.1. The van der Waals surface area contributed by atoms with Crippen LogP contribution in [0, 0.1) is 22.6 Å². The number of halogens is 4. The zero-order valence-corrected chi connectivity index (χ0v) is 18.9.